The summed E-state index contributed by atoms with van der Waals surface area (Å²) >= 11 is 0. The van der Waals surface area contributed by atoms with Gasteiger partial charge in [0, 0.05) is 11.5 Å². The molecule has 304 valence electrons. The Hall–Kier alpha value is -6.37. The maximum absolute atomic E-state index is 6.42. The molecule has 0 saturated heterocycles. The average molecular weight is 979 g/mol. The number of benzene rings is 7. The van der Waals surface area contributed by atoms with Crippen LogP contribution in [0.15, 0.2) is 164 Å². The minimum atomic E-state index is -0.0629. The van der Waals surface area contributed by atoms with Crippen LogP contribution in [-0.2, 0) is 33.2 Å². The van der Waals surface area contributed by atoms with Crippen molar-refractivity contribution in [1.82, 2.24) is 4.98 Å². The second kappa shape index (κ2) is 16.9. The quantitative estimate of drug-likeness (QED) is 0.112. The molecular weight excluding hydrogens is 934 g/mol. The zero-order valence-electron chi connectivity index (χ0n) is 35.0. The van der Waals surface area contributed by atoms with Crippen molar-refractivity contribution < 1.29 is 36.6 Å². The molecule has 0 saturated carbocycles. The molecule has 2 heterocycles. The second-order valence-corrected chi connectivity index (χ2v) is 17.1. The average Bonchev–Trinajstić information content (AvgIpc) is 3.25. The van der Waals surface area contributed by atoms with Crippen LogP contribution in [0, 0.1) is 18.2 Å². The predicted octanol–water partition coefficient (Wildman–Crippen LogP) is 15.2. The molecule has 0 bridgehead atoms. The van der Waals surface area contributed by atoms with Crippen LogP contribution >= 0.6 is 0 Å². The van der Waals surface area contributed by atoms with E-state index in [0.717, 1.165) is 62.2 Å². The number of rotatable bonds is 8. The van der Waals surface area contributed by atoms with Gasteiger partial charge in [-0.15, -0.1) is 53.6 Å². The van der Waals surface area contributed by atoms with Gasteiger partial charge in [-0.2, -0.15) is 18.2 Å². The zero-order chi connectivity index (χ0) is 41.4. The molecule has 8 aromatic rings. The van der Waals surface area contributed by atoms with Crippen LogP contribution in [-0.4, -0.2) is 4.98 Å². The molecule has 0 unspecified atom stereocenters. The van der Waals surface area contributed by atoms with E-state index >= 15 is 0 Å². The van der Waals surface area contributed by atoms with Gasteiger partial charge in [-0.1, -0.05) is 126 Å². The van der Waals surface area contributed by atoms with Crippen molar-refractivity contribution in [3.63, 3.8) is 0 Å². The van der Waals surface area contributed by atoms with Gasteiger partial charge in [-0.3, -0.25) is 0 Å². The number of aromatic nitrogens is 1. The molecule has 0 aliphatic carbocycles. The maximum Gasteiger partial charge on any atom is 3.00 e. The Bertz CT molecular complexity index is 2670. The topological polar surface area (TPSA) is 43.8 Å². The number of anilines is 3. The summed E-state index contributed by atoms with van der Waals surface area (Å²) in [6.07, 6.45) is 0. The summed E-state index contributed by atoms with van der Waals surface area (Å²) < 4.78 is 19.0. The van der Waals surface area contributed by atoms with Crippen LogP contribution < -0.4 is 19.1 Å². The standard InChI is InChI=1S/C55H45N2O3.Au/c1-54(2,3)41-29-38(30-42(35-41)55(4,5)6)39-33-48(37-25-27-43(28-26-37)57-50-21-13-15-23-52(50)60-53-24-16-14-22-51(53)57)56-49(34-39)40-31-46(58-44-17-9-7-10-18-44)36-47(32-40)59-45-19-11-8-12-20-45;/h7-19,21-25,27-31,33-36H,1-6H3;/q-3;+3. The number of pyridine rings is 1. The van der Waals surface area contributed by atoms with Crippen molar-refractivity contribution in [2.24, 2.45) is 0 Å². The number of hydrogen-bond acceptors (Lipinski definition) is 5. The molecule has 7 aromatic carbocycles. The molecule has 0 amide bonds. The van der Waals surface area contributed by atoms with Crippen molar-refractivity contribution in [1.29, 1.82) is 0 Å². The normalized spacial score (nSPS) is 12.1. The first-order valence-electron chi connectivity index (χ1n) is 20.3. The van der Waals surface area contributed by atoms with Gasteiger partial charge in [-0.25, -0.2) is 0 Å². The molecule has 61 heavy (non-hydrogen) atoms. The Kier molecular flexibility index (Phi) is 11.5. The van der Waals surface area contributed by atoms with Gasteiger partial charge in [0.05, 0.1) is 17.1 Å². The van der Waals surface area contributed by atoms with Gasteiger partial charge >= 0.3 is 22.4 Å². The van der Waals surface area contributed by atoms with E-state index in [9.17, 15) is 0 Å². The van der Waals surface area contributed by atoms with E-state index in [4.69, 9.17) is 19.2 Å². The Labute approximate surface area is 375 Å². The fraction of sp³-hybridized carbons (Fsp3) is 0.145. The van der Waals surface area contributed by atoms with E-state index in [-0.39, 0.29) is 33.2 Å². The summed E-state index contributed by atoms with van der Waals surface area (Å²) in [5, 5.41) is 0. The van der Waals surface area contributed by atoms with Crippen molar-refractivity contribution in [2.45, 2.75) is 52.4 Å². The maximum atomic E-state index is 6.42. The van der Waals surface area contributed by atoms with Gasteiger partial charge in [0.15, 0.2) is 11.5 Å². The van der Waals surface area contributed by atoms with Crippen LogP contribution in [0.3, 0.4) is 0 Å². The minimum absolute atomic E-state index is 0. The largest absolute Gasteiger partial charge is 3.00 e. The van der Waals surface area contributed by atoms with Gasteiger partial charge < -0.3 is 24.1 Å². The summed E-state index contributed by atoms with van der Waals surface area (Å²) in [6, 6.07) is 65.1. The predicted molar refractivity (Wildman–Crippen MR) is 242 cm³/mol. The third-order valence-electron chi connectivity index (χ3n) is 10.6. The number of nitrogens with zero attached hydrogens (tertiary/aromatic N) is 2. The van der Waals surface area contributed by atoms with E-state index in [1.165, 1.54) is 11.1 Å². The SMILES string of the molecule is CC(C)(C)c1cc(-c2cc(-c3[c-]cc(N4c5ccccc5Oc5ccccc54)cc3)nc(-c3[c-]c(Oc4[c-]cccc4)cc(Oc4ccccc4)c3)c2)cc(C(C)(C)C)c1.[Au+3]. The molecule has 1 aromatic heterocycles. The fourth-order valence-electron chi connectivity index (χ4n) is 7.28. The van der Waals surface area contributed by atoms with Crippen molar-refractivity contribution in [3.8, 4) is 68.1 Å². The molecule has 5 nitrogen and oxygen atoms in total. The van der Waals surface area contributed by atoms with Crippen LogP contribution in [0.1, 0.15) is 52.7 Å². The van der Waals surface area contributed by atoms with E-state index in [0.29, 0.717) is 23.0 Å². The van der Waals surface area contributed by atoms with Crippen LogP contribution in [0.5, 0.6) is 34.5 Å². The van der Waals surface area contributed by atoms with Crippen molar-refractivity contribution in [3.05, 3.63) is 193 Å². The zero-order valence-corrected chi connectivity index (χ0v) is 37.2. The van der Waals surface area contributed by atoms with Crippen LogP contribution in [0.25, 0.3) is 33.6 Å². The smallest absolute Gasteiger partial charge is 0.503 e. The molecule has 1 aliphatic rings. The van der Waals surface area contributed by atoms with Crippen LogP contribution in [0.2, 0.25) is 0 Å². The summed E-state index contributed by atoms with van der Waals surface area (Å²) in [5.41, 5.74) is 10.5. The first kappa shape index (κ1) is 41.4. The number of para-hydroxylation sites is 6. The number of fused-ring (bicyclic) bond motifs is 2. The molecule has 9 rings (SSSR count). The Balaban J connectivity index is 0.00000514. The van der Waals surface area contributed by atoms with E-state index < -0.39 is 0 Å². The number of hydrogen-bond donors (Lipinski definition) is 0. The summed E-state index contributed by atoms with van der Waals surface area (Å²) in [4.78, 5) is 7.55. The first-order valence-corrected chi connectivity index (χ1v) is 20.3. The molecule has 0 spiro atoms. The Morgan fingerprint density at radius 2 is 1.13 bits per heavy atom. The van der Waals surface area contributed by atoms with Gasteiger partial charge in [-0.05, 0) is 86.6 Å². The summed E-state index contributed by atoms with van der Waals surface area (Å²) in [6.45, 7) is 13.6. The molecule has 0 N–H and O–H groups in total. The third-order valence-corrected chi connectivity index (χ3v) is 10.6. The van der Waals surface area contributed by atoms with Crippen LogP contribution in [0.4, 0.5) is 17.1 Å². The number of ether oxygens (including phenoxy) is 3. The minimum Gasteiger partial charge on any atom is -0.503 e. The molecule has 6 heteroatoms. The van der Waals surface area contributed by atoms with Crippen molar-refractivity contribution in [2.75, 3.05) is 4.90 Å². The van der Waals surface area contributed by atoms with Crippen molar-refractivity contribution >= 4 is 17.1 Å². The third kappa shape index (κ3) is 9.06. The van der Waals surface area contributed by atoms with Gasteiger partial charge in [0.1, 0.15) is 5.75 Å². The monoisotopic (exact) mass is 978 g/mol. The summed E-state index contributed by atoms with van der Waals surface area (Å²) in [5.74, 6) is 3.98. The van der Waals surface area contributed by atoms with E-state index in [2.05, 4.69) is 119 Å². The Morgan fingerprint density at radius 1 is 0.525 bits per heavy atom. The summed E-state index contributed by atoms with van der Waals surface area (Å²) in [7, 11) is 0. The molecule has 0 fully saturated rings. The first-order chi connectivity index (χ1) is 28.9. The molecule has 0 atom stereocenters. The molecular formula is C55H45AuN2O3. The fourth-order valence-corrected chi connectivity index (χ4v) is 7.28. The molecule has 0 radical (unpaired) electrons. The van der Waals surface area contributed by atoms with Gasteiger partial charge in [0.2, 0.25) is 0 Å². The van der Waals surface area contributed by atoms with E-state index in [1.807, 2.05) is 109 Å². The molecule has 1 aliphatic heterocycles. The second-order valence-electron chi connectivity index (χ2n) is 17.1. The van der Waals surface area contributed by atoms with Gasteiger partial charge in [0.25, 0.3) is 0 Å². The van der Waals surface area contributed by atoms with E-state index in [1.54, 1.807) is 0 Å². The Morgan fingerprint density at radius 3 is 1.74 bits per heavy atom.